The van der Waals surface area contributed by atoms with Gasteiger partial charge in [0.2, 0.25) is 11.8 Å². The van der Waals surface area contributed by atoms with Crippen molar-refractivity contribution in [3.63, 3.8) is 0 Å². The van der Waals surface area contributed by atoms with Crippen LogP contribution in [0.25, 0.3) is 0 Å². The van der Waals surface area contributed by atoms with Crippen LogP contribution < -0.4 is 20.7 Å². The Labute approximate surface area is 277 Å². The predicted molar refractivity (Wildman–Crippen MR) is 180 cm³/mol. The van der Waals surface area contributed by atoms with Crippen molar-refractivity contribution in [2.75, 3.05) is 26.5 Å². The fraction of sp³-hybridized carbons (Fsp3) is 0.457. The molecule has 0 aliphatic rings. The lowest BCUT2D eigenvalue weighted by molar-refractivity contribution is -0.135. The summed E-state index contributed by atoms with van der Waals surface area (Å²) >= 11 is 0. The van der Waals surface area contributed by atoms with Crippen LogP contribution in [-0.4, -0.2) is 76.7 Å². The van der Waals surface area contributed by atoms with Crippen LogP contribution in [0.15, 0.2) is 67.1 Å². The van der Waals surface area contributed by atoms with Gasteiger partial charge in [0.1, 0.15) is 28.5 Å². The first-order valence-corrected chi connectivity index (χ1v) is 15.5. The molecule has 12 heteroatoms. The number of hydrogen-bond donors (Lipinski definition) is 3. The summed E-state index contributed by atoms with van der Waals surface area (Å²) in [5.41, 5.74) is -1.52. The Morgan fingerprint density at radius 3 is 2.15 bits per heavy atom. The number of nitrogens with zero attached hydrogens (tertiary/aromatic N) is 3. The Bertz CT molecular complexity index is 1530. The second kappa shape index (κ2) is 15.1. The highest BCUT2D eigenvalue weighted by Gasteiger charge is 2.39. The number of likely N-dealkylation sites (N-methyl/N-ethyl adjacent to an activating group) is 1. The Morgan fingerprint density at radius 2 is 1.57 bits per heavy atom. The maximum atomic E-state index is 13.7. The van der Waals surface area contributed by atoms with E-state index >= 15 is 0 Å². The number of alkyl carbamates (subject to hydrolysis) is 1. The summed E-state index contributed by atoms with van der Waals surface area (Å²) < 4.78 is 12.2. The number of aromatic nitrogens is 2. The van der Waals surface area contributed by atoms with Gasteiger partial charge in [-0.1, -0.05) is 42.5 Å². The van der Waals surface area contributed by atoms with E-state index in [2.05, 4.69) is 20.9 Å². The molecule has 0 saturated carbocycles. The molecule has 47 heavy (non-hydrogen) atoms. The number of nitrogens with one attached hydrogen (secondary N) is 3. The van der Waals surface area contributed by atoms with Crippen molar-refractivity contribution < 1.29 is 28.7 Å². The van der Waals surface area contributed by atoms with E-state index in [-0.39, 0.29) is 11.7 Å². The number of carbonyl (C=O) groups is 4. The number of anilines is 1. The minimum atomic E-state index is -1.38. The monoisotopic (exact) mass is 648 g/mol. The molecule has 4 amide bonds. The second-order valence-corrected chi connectivity index (χ2v) is 13.3. The third-order valence-corrected chi connectivity index (χ3v) is 7.63. The molecule has 0 spiro atoms. The van der Waals surface area contributed by atoms with Crippen molar-refractivity contribution in [3.8, 4) is 5.75 Å². The zero-order valence-electron chi connectivity index (χ0n) is 28.8. The first-order valence-electron chi connectivity index (χ1n) is 15.5. The average molecular weight is 649 g/mol. The van der Waals surface area contributed by atoms with Crippen molar-refractivity contribution in [1.82, 2.24) is 25.1 Å². The molecule has 1 heterocycles. The fourth-order valence-corrected chi connectivity index (χ4v) is 4.96. The molecule has 0 radical (unpaired) electrons. The van der Waals surface area contributed by atoms with E-state index in [4.69, 9.17) is 9.47 Å². The summed E-state index contributed by atoms with van der Waals surface area (Å²) in [4.78, 5) is 59.0. The summed E-state index contributed by atoms with van der Waals surface area (Å²) in [6.07, 6.45) is 3.93. The van der Waals surface area contributed by atoms with Crippen molar-refractivity contribution >= 4 is 29.6 Å². The number of methoxy groups -OCH3 is 1. The number of imidazole rings is 1. The standard InChI is InChI=1S/C35H48N6O6/c1-33(2,3)47-32(45)39-34(4,5)30(43)37-27(17-13-16-24-14-11-10-12-15-24)29(42)38-28-22-41(23-36-28)35(6,31(44)40(7)8)25-18-20-26(46-9)21-19-25/h10-12,14-15,18-23,27H,13,16-17H2,1-9H3,(H,37,43)(H,38,42)(H,39,45)/t27-,35?/m1/s1. The number of carbonyl (C=O) groups excluding carboxylic acids is 4. The number of ether oxygens (including phenoxy) is 2. The summed E-state index contributed by atoms with van der Waals surface area (Å²) in [6.45, 7) is 10.0. The van der Waals surface area contributed by atoms with Crippen LogP contribution in [0.5, 0.6) is 5.75 Å². The van der Waals surface area contributed by atoms with Crippen LogP contribution in [0.4, 0.5) is 10.6 Å². The maximum Gasteiger partial charge on any atom is 0.408 e. The molecule has 0 aliphatic heterocycles. The third kappa shape index (κ3) is 9.81. The van der Waals surface area contributed by atoms with Gasteiger partial charge in [-0.25, -0.2) is 9.78 Å². The van der Waals surface area contributed by atoms with E-state index in [0.29, 0.717) is 30.6 Å². The van der Waals surface area contributed by atoms with E-state index in [9.17, 15) is 19.2 Å². The minimum Gasteiger partial charge on any atom is -0.497 e. The number of rotatable bonds is 13. The molecule has 0 aliphatic carbocycles. The minimum absolute atomic E-state index is 0.203. The molecule has 0 saturated heterocycles. The lowest BCUT2D eigenvalue weighted by Gasteiger charge is -2.33. The van der Waals surface area contributed by atoms with Gasteiger partial charge in [-0.3, -0.25) is 14.4 Å². The molecule has 254 valence electrons. The molecule has 3 rings (SSSR count). The molecule has 0 bridgehead atoms. The number of hydrogen-bond acceptors (Lipinski definition) is 7. The third-order valence-electron chi connectivity index (χ3n) is 7.63. The van der Waals surface area contributed by atoms with E-state index < -0.39 is 40.6 Å². The number of benzene rings is 2. The Kier molecular flexibility index (Phi) is 11.8. The van der Waals surface area contributed by atoms with Gasteiger partial charge in [-0.05, 0) is 84.1 Å². The van der Waals surface area contributed by atoms with Gasteiger partial charge < -0.3 is 34.9 Å². The van der Waals surface area contributed by atoms with E-state index in [1.54, 1.807) is 71.8 Å². The van der Waals surface area contributed by atoms with Crippen LogP contribution in [0.3, 0.4) is 0 Å². The molecule has 12 nitrogen and oxygen atoms in total. The van der Waals surface area contributed by atoms with Crippen molar-refractivity contribution in [2.24, 2.45) is 0 Å². The Balaban J connectivity index is 1.84. The maximum absolute atomic E-state index is 13.7. The van der Waals surface area contributed by atoms with Gasteiger partial charge in [0.25, 0.3) is 5.91 Å². The van der Waals surface area contributed by atoms with Crippen LogP contribution >= 0.6 is 0 Å². The highest BCUT2D eigenvalue weighted by molar-refractivity contribution is 5.98. The van der Waals surface area contributed by atoms with Gasteiger partial charge >= 0.3 is 6.09 Å². The van der Waals surface area contributed by atoms with Crippen LogP contribution in [0, 0.1) is 0 Å². The van der Waals surface area contributed by atoms with Gasteiger partial charge in [-0.15, -0.1) is 0 Å². The lowest BCUT2D eigenvalue weighted by atomic mass is 9.90. The Hall–Kier alpha value is -4.87. The Morgan fingerprint density at radius 1 is 0.936 bits per heavy atom. The van der Waals surface area contributed by atoms with Crippen molar-refractivity contribution in [3.05, 3.63) is 78.2 Å². The van der Waals surface area contributed by atoms with Crippen molar-refractivity contribution in [2.45, 2.75) is 83.5 Å². The molecular formula is C35H48N6O6. The number of aryl methyl sites for hydroxylation is 1. The van der Waals surface area contributed by atoms with Gasteiger partial charge in [-0.2, -0.15) is 0 Å². The summed E-state index contributed by atoms with van der Waals surface area (Å²) in [6, 6.07) is 16.1. The SMILES string of the molecule is COc1ccc(C(C)(C(=O)N(C)C)n2cnc(NC(=O)[C@@H](CCCc3ccccc3)NC(=O)C(C)(C)NC(=O)OC(C)(C)C)c2)cc1. The van der Waals surface area contributed by atoms with Gasteiger partial charge in [0.05, 0.1) is 13.4 Å². The van der Waals surface area contributed by atoms with Crippen LogP contribution in [-0.2, 0) is 31.1 Å². The second-order valence-electron chi connectivity index (χ2n) is 13.3. The molecule has 1 unspecified atom stereocenters. The molecule has 3 N–H and O–H groups in total. The quantitative estimate of drug-likeness (QED) is 0.248. The average Bonchev–Trinajstić information content (AvgIpc) is 3.47. The van der Waals surface area contributed by atoms with Crippen molar-refractivity contribution in [1.29, 1.82) is 0 Å². The van der Waals surface area contributed by atoms with Crippen LogP contribution in [0.1, 0.15) is 65.5 Å². The largest absolute Gasteiger partial charge is 0.497 e. The highest BCUT2D eigenvalue weighted by Crippen LogP contribution is 2.30. The lowest BCUT2D eigenvalue weighted by Crippen LogP contribution is -2.58. The zero-order valence-corrected chi connectivity index (χ0v) is 28.8. The molecule has 0 fully saturated rings. The van der Waals surface area contributed by atoms with Gasteiger partial charge in [0.15, 0.2) is 5.82 Å². The van der Waals surface area contributed by atoms with E-state index in [1.807, 2.05) is 42.5 Å². The smallest absolute Gasteiger partial charge is 0.408 e. The molecule has 3 aromatic rings. The van der Waals surface area contributed by atoms with E-state index in [1.165, 1.54) is 25.1 Å². The van der Waals surface area contributed by atoms with Gasteiger partial charge in [0, 0.05) is 20.3 Å². The summed E-state index contributed by atoms with van der Waals surface area (Å²) in [5, 5.41) is 8.20. The normalized spacial score (nSPS) is 13.5. The highest BCUT2D eigenvalue weighted by atomic mass is 16.6. The molecule has 2 atom stereocenters. The topological polar surface area (TPSA) is 144 Å². The molecule has 2 aromatic carbocycles. The summed E-state index contributed by atoms with van der Waals surface area (Å²) in [7, 11) is 4.91. The summed E-state index contributed by atoms with van der Waals surface area (Å²) in [5.74, 6) is -0.400. The number of amides is 4. The first-order chi connectivity index (χ1) is 22.0. The fourth-order valence-electron chi connectivity index (χ4n) is 4.96. The molecule has 1 aromatic heterocycles. The van der Waals surface area contributed by atoms with E-state index in [0.717, 1.165) is 5.56 Å². The van der Waals surface area contributed by atoms with Crippen LogP contribution in [0.2, 0.25) is 0 Å². The predicted octanol–water partition coefficient (Wildman–Crippen LogP) is 4.49. The first kappa shape index (κ1) is 36.6. The molecular weight excluding hydrogens is 600 g/mol. The zero-order chi connectivity index (χ0) is 35.0.